The molecule has 0 amide bonds. The Kier molecular flexibility index (Phi) is 1.76. The van der Waals surface area contributed by atoms with Gasteiger partial charge >= 0.3 is 0 Å². The Balaban J connectivity index is 1.66. The molecule has 3 aliphatic heterocycles. The second kappa shape index (κ2) is 2.87. The minimum Gasteiger partial charge on any atom is -0.311 e. The fourth-order valence-electron chi connectivity index (χ4n) is 3.62. The average molecular weight is 229 g/mol. The molecule has 0 radical (unpaired) electrons. The van der Waals surface area contributed by atoms with Gasteiger partial charge < -0.3 is 5.32 Å². The average Bonchev–Trinajstić information content (AvgIpc) is 2.73. The van der Waals surface area contributed by atoms with Crippen molar-refractivity contribution in [1.82, 2.24) is 21.1 Å². The van der Waals surface area contributed by atoms with Crippen LogP contribution in [0.3, 0.4) is 0 Å². The van der Waals surface area contributed by atoms with Crippen LogP contribution in [0.15, 0.2) is 0 Å². The summed E-state index contributed by atoms with van der Waals surface area (Å²) in [7, 11) is 0. The molecule has 0 aromatic heterocycles. The minimum absolute atomic E-state index is 0.109. The van der Waals surface area contributed by atoms with E-state index in [2.05, 4.69) is 21.1 Å². The molecule has 1 aliphatic carbocycles. The molecule has 84 valence electrons. The second-order valence-corrected chi connectivity index (χ2v) is 5.99. The fraction of sp³-hybridized carbons (Fsp3) is 1.00. The number of halogens is 1. The summed E-state index contributed by atoms with van der Waals surface area (Å²) in [6.45, 7) is 2.29. The molecule has 3 heterocycles. The van der Waals surface area contributed by atoms with Crippen LogP contribution in [0.25, 0.3) is 0 Å². The summed E-state index contributed by atoms with van der Waals surface area (Å²) >= 11 is 6.18. The highest BCUT2D eigenvalue weighted by atomic mass is 35.5. The summed E-state index contributed by atoms with van der Waals surface area (Å²) in [6, 6.07) is 1.27. The van der Waals surface area contributed by atoms with E-state index >= 15 is 0 Å². The van der Waals surface area contributed by atoms with Gasteiger partial charge in [-0.2, -0.15) is 0 Å². The number of alkyl halides is 1. The van der Waals surface area contributed by atoms with Crippen LogP contribution in [-0.4, -0.2) is 41.8 Å². The van der Waals surface area contributed by atoms with Crippen molar-refractivity contribution in [3.05, 3.63) is 0 Å². The summed E-state index contributed by atoms with van der Waals surface area (Å²) in [5, 5.41) is 9.62. The molecule has 4 unspecified atom stereocenters. The highest BCUT2D eigenvalue weighted by molar-refractivity contribution is 6.20. The molecule has 0 aromatic carbocycles. The Morgan fingerprint density at radius 1 is 1.27 bits per heavy atom. The standard InChI is InChI=1S/C10H17ClN4/c11-7-3-8-12-4-6-9(15(8)14-7)10(1-2-10)5-13-6/h6-9,12-14H,1-5H2. The first kappa shape index (κ1) is 9.19. The van der Waals surface area contributed by atoms with Gasteiger partial charge in [0.2, 0.25) is 0 Å². The SMILES string of the molecule is ClC1CC2NCC3NCC4(CC4)C3N2N1. The molecule has 3 saturated heterocycles. The maximum Gasteiger partial charge on any atom is 0.0982 e. The van der Waals surface area contributed by atoms with Crippen LogP contribution in [0.5, 0.6) is 0 Å². The molecule has 1 saturated carbocycles. The number of hydrazine groups is 1. The van der Waals surface area contributed by atoms with Gasteiger partial charge in [0.1, 0.15) is 0 Å². The van der Waals surface area contributed by atoms with Crippen LogP contribution in [0.2, 0.25) is 0 Å². The van der Waals surface area contributed by atoms with Crippen molar-refractivity contribution >= 4 is 11.6 Å². The van der Waals surface area contributed by atoms with E-state index in [9.17, 15) is 0 Å². The lowest BCUT2D eigenvalue weighted by Gasteiger charge is -2.42. The van der Waals surface area contributed by atoms with Crippen molar-refractivity contribution in [2.24, 2.45) is 5.41 Å². The van der Waals surface area contributed by atoms with Gasteiger partial charge in [0, 0.05) is 37.0 Å². The molecule has 3 N–H and O–H groups in total. The predicted molar refractivity (Wildman–Crippen MR) is 58.3 cm³/mol. The number of rotatable bonds is 0. The van der Waals surface area contributed by atoms with Crippen LogP contribution in [0, 0.1) is 5.41 Å². The topological polar surface area (TPSA) is 39.3 Å². The zero-order chi connectivity index (χ0) is 10.0. The van der Waals surface area contributed by atoms with Crippen molar-refractivity contribution in [2.45, 2.75) is 43.0 Å². The van der Waals surface area contributed by atoms with Gasteiger partial charge in [0.15, 0.2) is 0 Å². The summed E-state index contributed by atoms with van der Waals surface area (Å²) in [5.74, 6) is 0. The molecular weight excluding hydrogens is 212 g/mol. The molecule has 4 atom stereocenters. The van der Waals surface area contributed by atoms with E-state index in [1.807, 2.05) is 0 Å². The molecule has 5 heteroatoms. The zero-order valence-electron chi connectivity index (χ0n) is 8.67. The second-order valence-electron chi connectivity index (χ2n) is 5.46. The maximum atomic E-state index is 6.18. The van der Waals surface area contributed by atoms with E-state index < -0.39 is 0 Å². The molecule has 4 rings (SSSR count). The summed E-state index contributed by atoms with van der Waals surface area (Å²) in [4.78, 5) is 0. The summed E-state index contributed by atoms with van der Waals surface area (Å²) in [6.07, 6.45) is 4.24. The summed E-state index contributed by atoms with van der Waals surface area (Å²) < 4.78 is 0. The smallest absolute Gasteiger partial charge is 0.0982 e. The fourth-order valence-corrected chi connectivity index (χ4v) is 3.90. The molecule has 15 heavy (non-hydrogen) atoms. The lowest BCUT2D eigenvalue weighted by atomic mass is 9.93. The first-order valence-corrected chi connectivity index (χ1v) is 6.38. The quantitative estimate of drug-likeness (QED) is 0.397. The van der Waals surface area contributed by atoms with E-state index in [0.29, 0.717) is 23.7 Å². The van der Waals surface area contributed by atoms with Crippen LogP contribution in [-0.2, 0) is 0 Å². The molecular formula is C10H17ClN4. The first-order valence-electron chi connectivity index (χ1n) is 5.94. The monoisotopic (exact) mass is 228 g/mol. The van der Waals surface area contributed by atoms with Gasteiger partial charge in [0.25, 0.3) is 0 Å². The zero-order valence-corrected chi connectivity index (χ0v) is 9.43. The Hall–Kier alpha value is 0.130. The van der Waals surface area contributed by atoms with Crippen LogP contribution >= 0.6 is 11.6 Å². The van der Waals surface area contributed by atoms with E-state index in [0.717, 1.165) is 13.0 Å². The van der Waals surface area contributed by atoms with Crippen molar-refractivity contribution in [3.8, 4) is 0 Å². The van der Waals surface area contributed by atoms with Crippen molar-refractivity contribution in [2.75, 3.05) is 13.1 Å². The molecule has 0 bridgehead atoms. The number of hydrogen-bond acceptors (Lipinski definition) is 4. The van der Waals surface area contributed by atoms with Gasteiger partial charge in [0.05, 0.1) is 11.7 Å². The third kappa shape index (κ3) is 1.17. The van der Waals surface area contributed by atoms with Crippen LogP contribution in [0.1, 0.15) is 19.3 Å². The molecule has 1 spiro atoms. The van der Waals surface area contributed by atoms with Gasteiger partial charge in [-0.1, -0.05) is 0 Å². The highest BCUT2D eigenvalue weighted by Crippen LogP contribution is 2.55. The third-order valence-corrected chi connectivity index (χ3v) is 4.82. The van der Waals surface area contributed by atoms with Crippen molar-refractivity contribution < 1.29 is 0 Å². The minimum atomic E-state index is 0.109. The Morgan fingerprint density at radius 3 is 2.93 bits per heavy atom. The number of hydrogen-bond donors (Lipinski definition) is 3. The molecule has 4 fully saturated rings. The van der Waals surface area contributed by atoms with E-state index in [1.165, 1.54) is 19.4 Å². The molecule has 0 aromatic rings. The Bertz CT molecular complexity index is 293. The van der Waals surface area contributed by atoms with Gasteiger partial charge in [-0.25, -0.2) is 10.4 Å². The maximum absolute atomic E-state index is 6.18. The predicted octanol–water partition coefficient (Wildman–Crippen LogP) is -0.188. The van der Waals surface area contributed by atoms with E-state index in [1.54, 1.807) is 0 Å². The Morgan fingerprint density at radius 2 is 2.13 bits per heavy atom. The largest absolute Gasteiger partial charge is 0.311 e. The highest BCUT2D eigenvalue weighted by Gasteiger charge is 2.61. The van der Waals surface area contributed by atoms with Gasteiger partial charge in [-0.15, -0.1) is 11.6 Å². The number of nitrogens with zero attached hydrogens (tertiary/aromatic N) is 1. The normalized spacial score (nSPS) is 51.8. The van der Waals surface area contributed by atoms with Crippen molar-refractivity contribution in [3.63, 3.8) is 0 Å². The van der Waals surface area contributed by atoms with Crippen molar-refractivity contribution in [1.29, 1.82) is 0 Å². The van der Waals surface area contributed by atoms with Gasteiger partial charge in [-0.05, 0) is 12.8 Å². The first-order chi connectivity index (χ1) is 7.28. The van der Waals surface area contributed by atoms with Crippen LogP contribution < -0.4 is 16.1 Å². The Labute approximate surface area is 94.7 Å². The lowest BCUT2D eigenvalue weighted by Crippen LogP contribution is -2.65. The van der Waals surface area contributed by atoms with Gasteiger partial charge in [-0.3, -0.25) is 5.32 Å². The summed E-state index contributed by atoms with van der Waals surface area (Å²) in [5.41, 5.74) is 4.10. The third-order valence-electron chi connectivity index (χ3n) is 4.55. The number of nitrogens with one attached hydrogen (secondary N) is 3. The number of fused-ring (bicyclic) bond motifs is 4. The lowest BCUT2D eigenvalue weighted by molar-refractivity contribution is 0.0293. The molecule has 4 nitrogen and oxygen atoms in total. The molecule has 4 aliphatic rings. The van der Waals surface area contributed by atoms with E-state index in [-0.39, 0.29) is 5.50 Å². The van der Waals surface area contributed by atoms with Crippen LogP contribution in [0.4, 0.5) is 0 Å². The van der Waals surface area contributed by atoms with E-state index in [4.69, 9.17) is 11.6 Å².